The summed E-state index contributed by atoms with van der Waals surface area (Å²) in [5.74, 6) is -1.48. The van der Waals surface area contributed by atoms with Gasteiger partial charge < -0.3 is 0 Å². The van der Waals surface area contributed by atoms with E-state index in [1.165, 1.54) is 0 Å². The van der Waals surface area contributed by atoms with Crippen LogP contribution in [0.15, 0.2) is 0 Å². The Morgan fingerprint density at radius 2 is 1.80 bits per heavy atom. The summed E-state index contributed by atoms with van der Waals surface area (Å²) in [4.78, 5) is 0. The standard InChI is InChI=1S/C8H15F3O3S/c1-3-4-7(8(9,10)11)5-6-14-15(2,12)13/h7H,3-6H2,1-2H3. The SMILES string of the molecule is CCCC(CCOS(C)(=O)=O)C(F)(F)F. The summed E-state index contributed by atoms with van der Waals surface area (Å²) in [6.07, 6.45) is -3.38. The molecule has 0 rings (SSSR count). The average Bonchev–Trinajstić information content (AvgIpc) is 1.98. The highest BCUT2D eigenvalue weighted by Crippen LogP contribution is 2.32. The van der Waals surface area contributed by atoms with Crippen LogP contribution in [0.2, 0.25) is 0 Å². The van der Waals surface area contributed by atoms with E-state index in [0.29, 0.717) is 6.42 Å². The molecule has 0 amide bonds. The van der Waals surface area contributed by atoms with E-state index in [1.54, 1.807) is 6.92 Å². The quantitative estimate of drug-likeness (QED) is 0.677. The van der Waals surface area contributed by atoms with Crippen LogP contribution in [0.4, 0.5) is 13.2 Å². The molecule has 0 saturated carbocycles. The third-order valence-corrected chi connectivity index (χ3v) is 2.46. The fourth-order valence-corrected chi connectivity index (χ4v) is 1.56. The first kappa shape index (κ1) is 14.7. The van der Waals surface area contributed by atoms with E-state index in [2.05, 4.69) is 4.18 Å². The molecule has 0 N–H and O–H groups in total. The smallest absolute Gasteiger partial charge is 0.270 e. The minimum absolute atomic E-state index is 0.00335. The summed E-state index contributed by atoms with van der Waals surface area (Å²) in [5.41, 5.74) is 0. The molecule has 1 atom stereocenters. The summed E-state index contributed by atoms with van der Waals surface area (Å²) in [6.45, 7) is 1.24. The van der Waals surface area contributed by atoms with Crippen molar-refractivity contribution in [2.75, 3.05) is 12.9 Å². The van der Waals surface area contributed by atoms with Crippen LogP contribution in [0.25, 0.3) is 0 Å². The summed E-state index contributed by atoms with van der Waals surface area (Å²) < 4.78 is 62.3. The number of hydrogen-bond donors (Lipinski definition) is 0. The molecule has 0 radical (unpaired) electrons. The lowest BCUT2D eigenvalue weighted by molar-refractivity contribution is -0.179. The van der Waals surface area contributed by atoms with Gasteiger partial charge >= 0.3 is 6.18 Å². The molecule has 7 heteroatoms. The van der Waals surface area contributed by atoms with Gasteiger partial charge in [0.15, 0.2) is 0 Å². The van der Waals surface area contributed by atoms with Gasteiger partial charge in [-0.15, -0.1) is 0 Å². The summed E-state index contributed by atoms with van der Waals surface area (Å²) >= 11 is 0. The van der Waals surface area contributed by atoms with E-state index in [0.717, 1.165) is 6.26 Å². The zero-order chi connectivity index (χ0) is 12.1. The maximum atomic E-state index is 12.3. The maximum absolute atomic E-state index is 12.3. The third-order valence-electron chi connectivity index (χ3n) is 1.86. The van der Waals surface area contributed by atoms with Crippen molar-refractivity contribution < 1.29 is 25.8 Å². The minimum atomic E-state index is -4.28. The molecule has 0 aromatic rings. The molecule has 0 aliphatic heterocycles. The first-order chi connectivity index (χ1) is 6.67. The Kier molecular flexibility index (Phi) is 5.58. The van der Waals surface area contributed by atoms with Crippen molar-refractivity contribution in [3.05, 3.63) is 0 Å². The zero-order valence-electron chi connectivity index (χ0n) is 8.67. The fourth-order valence-electron chi connectivity index (χ4n) is 1.16. The van der Waals surface area contributed by atoms with Crippen molar-refractivity contribution in [2.24, 2.45) is 5.92 Å². The summed E-state index contributed by atoms with van der Waals surface area (Å²) in [6, 6.07) is 0. The highest BCUT2D eigenvalue weighted by atomic mass is 32.2. The number of alkyl halides is 3. The Hall–Kier alpha value is -0.300. The number of halogens is 3. The van der Waals surface area contributed by atoms with Crippen LogP contribution in [0, 0.1) is 5.92 Å². The molecule has 0 saturated heterocycles. The third kappa shape index (κ3) is 7.61. The van der Waals surface area contributed by atoms with Gasteiger partial charge in [0.05, 0.1) is 18.8 Å². The van der Waals surface area contributed by atoms with Crippen molar-refractivity contribution in [1.29, 1.82) is 0 Å². The van der Waals surface area contributed by atoms with Gasteiger partial charge in [-0.1, -0.05) is 13.3 Å². The molecule has 0 fully saturated rings. The van der Waals surface area contributed by atoms with Crippen LogP contribution in [0.5, 0.6) is 0 Å². The van der Waals surface area contributed by atoms with Gasteiger partial charge in [-0.3, -0.25) is 4.18 Å². The molecule has 0 heterocycles. The van der Waals surface area contributed by atoms with E-state index in [4.69, 9.17) is 0 Å². The second-order valence-electron chi connectivity index (χ2n) is 3.34. The molecule has 0 aromatic carbocycles. The Labute approximate surface area is 87.7 Å². The van der Waals surface area contributed by atoms with Crippen molar-refractivity contribution in [1.82, 2.24) is 0 Å². The van der Waals surface area contributed by atoms with Gasteiger partial charge in [0.1, 0.15) is 0 Å². The van der Waals surface area contributed by atoms with Crippen LogP contribution in [0.1, 0.15) is 26.2 Å². The van der Waals surface area contributed by atoms with Crippen molar-refractivity contribution in [3.8, 4) is 0 Å². The lowest BCUT2D eigenvalue weighted by Crippen LogP contribution is -2.24. The van der Waals surface area contributed by atoms with Crippen molar-refractivity contribution in [3.63, 3.8) is 0 Å². The lowest BCUT2D eigenvalue weighted by Gasteiger charge is -2.18. The highest BCUT2D eigenvalue weighted by molar-refractivity contribution is 7.85. The van der Waals surface area contributed by atoms with Crippen LogP contribution in [0.3, 0.4) is 0 Å². The highest BCUT2D eigenvalue weighted by Gasteiger charge is 2.38. The van der Waals surface area contributed by atoms with E-state index in [9.17, 15) is 21.6 Å². The van der Waals surface area contributed by atoms with Gasteiger partial charge in [0, 0.05) is 0 Å². The van der Waals surface area contributed by atoms with E-state index in [-0.39, 0.29) is 12.8 Å². The van der Waals surface area contributed by atoms with Gasteiger partial charge in [0.25, 0.3) is 10.1 Å². The van der Waals surface area contributed by atoms with Gasteiger partial charge in [0.2, 0.25) is 0 Å². The van der Waals surface area contributed by atoms with E-state index >= 15 is 0 Å². The molecule has 0 bridgehead atoms. The Balaban J connectivity index is 4.09. The summed E-state index contributed by atoms with van der Waals surface area (Å²) in [5, 5.41) is 0. The van der Waals surface area contributed by atoms with Crippen LogP contribution >= 0.6 is 0 Å². The second kappa shape index (κ2) is 5.69. The molecule has 0 aliphatic rings. The Morgan fingerprint density at radius 3 is 2.13 bits per heavy atom. The Bertz CT molecular complexity index is 271. The predicted octanol–water partition coefficient (Wildman–Crippen LogP) is 2.33. The molecule has 0 aromatic heterocycles. The zero-order valence-corrected chi connectivity index (χ0v) is 9.49. The van der Waals surface area contributed by atoms with E-state index < -0.39 is 28.8 Å². The topological polar surface area (TPSA) is 43.4 Å². The van der Waals surface area contributed by atoms with Crippen LogP contribution in [-0.4, -0.2) is 27.5 Å². The Morgan fingerprint density at radius 1 is 1.27 bits per heavy atom. The van der Waals surface area contributed by atoms with Crippen molar-refractivity contribution >= 4 is 10.1 Å². The van der Waals surface area contributed by atoms with Gasteiger partial charge in [-0.05, 0) is 12.8 Å². The summed E-state index contributed by atoms with van der Waals surface area (Å²) in [7, 11) is -3.65. The molecule has 92 valence electrons. The second-order valence-corrected chi connectivity index (χ2v) is 4.99. The van der Waals surface area contributed by atoms with Crippen LogP contribution < -0.4 is 0 Å². The molecular formula is C8H15F3O3S. The first-order valence-electron chi connectivity index (χ1n) is 4.58. The van der Waals surface area contributed by atoms with Crippen molar-refractivity contribution in [2.45, 2.75) is 32.4 Å². The monoisotopic (exact) mass is 248 g/mol. The maximum Gasteiger partial charge on any atom is 0.391 e. The average molecular weight is 248 g/mol. The molecule has 15 heavy (non-hydrogen) atoms. The molecule has 1 unspecified atom stereocenters. The predicted molar refractivity (Wildman–Crippen MR) is 49.9 cm³/mol. The fraction of sp³-hybridized carbons (Fsp3) is 1.00. The molecule has 0 aliphatic carbocycles. The molecule has 0 spiro atoms. The van der Waals surface area contributed by atoms with Crippen LogP contribution in [-0.2, 0) is 14.3 Å². The number of hydrogen-bond acceptors (Lipinski definition) is 3. The molecular weight excluding hydrogens is 233 g/mol. The van der Waals surface area contributed by atoms with Gasteiger partial charge in [-0.2, -0.15) is 21.6 Å². The normalized spacial score (nSPS) is 15.3. The first-order valence-corrected chi connectivity index (χ1v) is 6.39. The number of rotatable bonds is 6. The van der Waals surface area contributed by atoms with E-state index in [1.807, 2.05) is 0 Å². The largest absolute Gasteiger partial charge is 0.391 e. The van der Waals surface area contributed by atoms with Gasteiger partial charge in [-0.25, -0.2) is 0 Å². The lowest BCUT2D eigenvalue weighted by atomic mass is 10.00. The minimum Gasteiger partial charge on any atom is -0.270 e. The molecule has 3 nitrogen and oxygen atoms in total.